The van der Waals surface area contributed by atoms with Crippen molar-refractivity contribution in [3.63, 3.8) is 0 Å². The number of H-pyrrole nitrogens is 1. The van der Waals surface area contributed by atoms with Gasteiger partial charge < -0.3 is 15.2 Å². The molecule has 4 rings (SSSR count). The number of hydrogen-bond donors (Lipinski definition) is 3. The number of carbonyl (C=O) groups is 1. The number of nitrogens with one attached hydrogen (secondary N) is 3. The summed E-state index contributed by atoms with van der Waals surface area (Å²) in [6, 6.07) is 5.47. The number of rotatable bonds is 7. The molecule has 0 aliphatic carbocycles. The van der Waals surface area contributed by atoms with Crippen molar-refractivity contribution in [3.05, 3.63) is 53.4 Å². The molecule has 0 atom stereocenters. The van der Waals surface area contributed by atoms with E-state index in [4.69, 9.17) is 0 Å². The molecule has 182 valence electrons. The van der Waals surface area contributed by atoms with Gasteiger partial charge in [0, 0.05) is 17.0 Å². The smallest absolute Gasteiger partial charge is 0.261 e. The zero-order valence-electron chi connectivity index (χ0n) is 19.0. The van der Waals surface area contributed by atoms with E-state index in [9.17, 15) is 22.0 Å². The molecular weight excluding hydrogens is 464 g/mol. The normalized spacial score (nSPS) is 15.5. The monoisotopic (exact) mass is 491 g/mol. The molecule has 0 spiro atoms. The second kappa shape index (κ2) is 9.67. The minimum absolute atomic E-state index is 0.229. The van der Waals surface area contributed by atoms with Crippen molar-refractivity contribution >= 4 is 38.3 Å². The maximum Gasteiger partial charge on any atom is 0.261 e. The zero-order chi connectivity index (χ0) is 24.5. The third-order valence-corrected chi connectivity index (χ3v) is 7.44. The van der Waals surface area contributed by atoms with Gasteiger partial charge in [-0.3, -0.25) is 9.52 Å². The third-order valence-electron chi connectivity index (χ3n) is 5.96. The van der Waals surface area contributed by atoms with Gasteiger partial charge in [0.2, 0.25) is 10.0 Å². The number of piperidine rings is 1. The molecule has 0 unspecified atom stereocenters. The number of benzene rings is 1. The number of hydrogen-bond acceptors (Lipinski definition) is 5. The third kappa shape index (κ3) is 5.20. The Labute approximate surface area is 196 Å². The predicted octanol–water partition coefficient (Wildman–Crippen LogP) is 4.05. The summed E-state index contributed by atoms with van der Waals surface area (Å²) in [6.45, 7) is 3.68. The average Bonchev–Trinajstić information content (AvgIpc) is 3.19. The lowest BCUT2D eigenvalue weighted by Gasteiger charge is -2.28. The van der Waals surface area contributed by atoms with Gasteiger partial charge in [0.05, 0.1) is 23.3 Å². The van der Waals surface area contributed by atoms with Gasteiger partial charge in [-0.15, -0.1) is 0 Å². The molecule has 1 saturated heterocycles. The van der Waals surface area contributed by atoms with Gasteiger partial charge in [-0.2, -0.15) is 0 Å². The number of pyridine rings is 1. The van der Waals surface area contributed by atoms with Crippen LogP contribution in [0.15, 0.2) is 30.5 Å². The number of amides is 1. The van der Waals surface area contributed by atoms with Crippen LogP contribution < -0.4 is 10.0 Å². The summed E-state index contributed by atoms with van der Waals surface area (Å²) < 4.78 is 55.3. The van der Waals surface area contributed by atoms with E-state index in [0.29, 0.717) is 18.0 Å². The fraction of sp³-hybridized carbons (Fsp3) is 0.391. The summed E-state index contributed by atoms with van der Waals surface area (Å²) in [5.41, 5.74) is 0.641. The van der Waals surface area contributed by atoms with Gasteiger partial charge in [-0.05, 0) is 63.7 Å². The number of aromatic amines is 1. The lowest BCUT2D eigenvalue weighted by Crippen LogP contribution is -2.29. The van der Waals surface area contributed by atoms with E-state index < -0.39 is 38.8 Å². The number of likely N-dealkylation sites (tertiary alicyclic amines) is 1. The van der Waals surface area contributed by atoms with Gasteiger partial charge in [-0.1, -0.05) is 6.92 Å². The highest BCUT2D eigenvalue weighted by Crippen LogP contribution is 2.30. The molecule has 0 saturated carbocycles. The van der Waals surface area contributed by atoms with Crippen molar-refractivity contribution in [1.82, 2.24) is 14.9 Å². The second-order valence-corrected chi connectivity index (χ2v) is 10.5. The number of halogens is 2. The number of carbonyl (C=O) groups excluding carboxylic acids is 1. The van der Waals surface area contributed by atoms with Crippen LogP contribution in [0.5, 0.6) is 0 Å². The first kappa shape index (κ1) is 24.1. The fourth-order valence-corrected chi connectivity index (χ4v) is 5.30. The second-order valence-electron chi connectivity index (χ2n) is 8.62. The number of nitrogens with zero attached hydrogens (tertiary/aromatic N) is 2. The van der Waals surface area contributed by atoms with E-state index in [1.807, 2.05) is 6.07 Å². The van der Waals surface area contributed by atoms with E-state index in [1.54, 1.807) is 13.0 Å². The Balaban J connectivity index is 1.55. The summed E-state index contributed by atoms with van der Waals surface area (Å²) in [6.07, 6.45) is 3.78. The molecule has 0 radical (unpaired) electrons. The molecule has 34 heavy (non-hydrogen) atoms. The molecule has 3 heterocycles. The van der Waals surface area contributed by atoms with Gasteiger partial charge in [0.15, 0.2) is 5.82 Å². The largest absolute Gasteiger partial charge is 0.343 e. The van der Waals surface area contributed by atoms with Crippen LogP contribution in [0.1, 0.15) is 48.2 Å². The molecule has 3 N–H and O–H groups in total. The maximum absolute atomic E-state index is 14.9. The fourth-order valence-electron chi connectivity index (χ4n) is 4.16. The molecule has 1 aliphatic rings. The van der Waals surface area contributed by atoms with Crippen LogP contribution in [0, 0.1) is 11.6 Å². The van der Waals surface area contributed by atoms with Crippen molar-refractivity contribution in [2.24, 2.45) is 0 Å². The van der Waals surface area contributed by atoms with E-state index in [0.717, 1.165) is 49.1 Å². The Morgan fingerprint density at radius 3 is 2.68 bits per heavy atom. The lowest BCUT2D eigenvalue weighted by atomic mass is 9.94. The quantitative estimate of drug-likeness (QED) is 0.462. The van der Waals surface area contributed by atoms with E-state index in [1.165, 1.54) is 6.20 Å². The first-order valence-corrected chi connectivity index (χ1v) is 12.8. The van der Waals surface area contributed by atoms with E-state index in [2.05, 4.69) is 32.0 Å². The first-order valence-electron chi connectivity index (χ1n) is 11.1. The van der Waals surface area contributed by atoms with Crippen LogP contribution in [-0.4, -0.2) is 55.1 Å². The molecule has 8 nitrogen and oxygen atoms in total. The van der Waals surface area contributed by atoms with Crippen LogP contribution in [-0.2, 0) is 10.0 Å². The molecule has 1 aliphatic heterocycles. The molecule has 11 heteroatoms. The Bertz CT molecular complexity index is 1320. The van der Waals surface area contributed by atoms with E-state index in [-0.39, 0.29) is 11.4 Å². The summed E-state index contributed by atoms with van der Waals surface area (Å²) in [7, 11) is -1.72. The van der Waals surface area contributed by atoms with E-state index >= 15 is 0 Å². The Morgan fingerprint density at radius 1 is 1.24 bits per heavy atom. The molecule has 1 aromatic carbocycles. The van der Waals surface area contributed by atoms with Gasteiger partial charge >= 0.3 is 0 Å². The van der Waals surface area contributed by atoms with Crippen molar-refractivity contribution in [1.29, 1.82) is 0 Å². The van der Waals surface area contributed by atoms with Crippen LogP contribution in [0.2, 0.25) is 0 Å². The number of anilines is 2. The number of aromatic nitrogens is 2. The highest BCUT2D eigenvalue weighted by molar-refractivity contribution is 7.92. The van der Waals surface area contributed by atoms with Crippen LogP contribution >= 0.6 is 0 Å². The number of fused-ring (bicyclic) bond motifs is 1. The Kier molecular flexibility index (Phi) is 6.85. The minimum Gasteiger partial charge on any atom is -0.343 e. The minimum atomic E-state index is -3.82. The summed E-state index contributed by atoms with van der Waals surface area (Å²) in [5.74, 6) is -3.26. The van der Waals surface area contributed by atoms with Crippen LogP contribution in [0.3, 0.4) is 0 Å². The van der Waals surface area contributed by atoms with Crippen LogP contribution in [0.25, 0.3) is 11.0 Å². The van der Waals surface area contributed by atoms with Crippen molar-refractivity contribution in [2.45, 2.75) is 32.1 Å². The summed E-state index contributed by atoms with van der Waals surface area (Å²) in [4.78, 5) is 22.6. The lowest BCUT2D eigenvalue weighted by molar-refractivity contribution is 0.101. The van der Waals surface area contributed by atoms with Gasteiger partial charge in [0.1, 0.15) is 17.0 Å². The standard InChI is InChI=1S/C23H27F2N5O3S/c1-3-10-34(32,33)29-18-5-4-17(24)20(21(18)25)23(31)27-16-11-15-12-19(28-22(15)26-13-16)14-6-8-30(2)9-7-14/h4-5,11-14,29H,3,6-10H2,1-2H3,(H,26,28)(H,27,31). The maximum atomic E-state index is 14.9. The first-order chi connectivity index (χ1) is 16.2. The SMILES string of the molecule is CCCS(=O)(=O)Nc1ccc(F)c(C(=O)Nc2cnc3[nH]c(C4CCN(C)CC4)cc3c2)c1F. The zero-order valence-corrected chi connectivity index (χ0v) is 19.8. The van der Waals surface area contributed by atoms with Gasteiger partial charge in [0.25, 0.3) is 5.91 Å². The van der Waals surface area contributed by atoms with Crippen molar-refractivity contribution < 1.29 is 22.0 Å². The highest BCUT2D eigenvalue weighted by Gasteiger charge is 2.24. The van der Waals surface area contributed by atoms with Crippen molar-refractivity contribution in [3.8, 4) is 0 Å². The summed E-state index contributed by atoms with van der Waals surface area (Å²) >= 11 is 0. The molecule has 3 aromatic rings. The molecule has 2 aromatic heterocycles. The molecule has 1 fully saturated rings. The molecule has 1 amide bonds. The number of sulfonamides is 1. The van der Waals surface area contributed by atoms with Gasteiger partial charge in [-0.25, -0.2) is 22.2 Å². The molecule has 0 bridgehead atoms. The van der Waals surface area contributed by atoms with Crippen molar-refractivity contribution in [2.75, 3.05) is 35.9 Å². The molecular formula is C23H27F2N5O3S. The Morgan fingerprint density at radius 2 is 1.97 bits per heavy atom. The Hall–Kier alpha value is -3.05. The topological polar surface area (TPSA) is 107 Å². The summed E-state index contributed by atoms with van der Waals surface area (Å²) in [5, 5.41) is 3.23. The predicted molar refractivity (Wildman–Crippen MR) is 128 cm³/mol. The highest BCUT2D eigenvalue weighted by atomic mass is 32.2. The average molecular weight is 492 g/mol. The van der Waals surface area contributed by atoms with Crippen LogP contribution in [0.4, 0.5) is 20.2 Å².